The second kappa shape index (κ2) is 10.0. The van der Waals surface area contributed by atoms with E-state index >= 15 is 0 Å². The lowest BCUT2D eigenvalue weighted by molar-refractivity contribution is -0.137. The van der Waals surface area contributed by atoms with Crippen molar-refractivity contribution in [2.24, 2.45) is 0 Å². The van der Waals surface area contributed by atoms with Crippen molar-refractivity contribution < 1.29 is 40.0 Å². The van der Waals surface area contributed by atoms with Crippen LogP contribution in [0.15, 0.2) is 47.4 Å². The maximum atomic E-state index is 13.3. The van der Waals surface area contributed by atoms with E-state index in [2.05, 4.69) is 5.32 Å². The Morgan fingerprint density at radius 2 is 1.76 bits per heavy atom. The van der Waals surface area contributed by atoms with Gasteiger partial charge in [0.05, 0.1) is 11.3 Å². The molecule has 0 radical (unpaired) electrons. The molecule has 2 unspecified atom stereocenters. The van der Waals surface area contributed by atoms with Crippen LogP contribution in [0.2, 0.25) is 0 Å². The van der Waals surface area contributed by atoms with Crippen molar-refractivity contribution in [3.05, 3.63) is 53.7 Å². The Balaban J connectivity index is 2.12. The first-order chi connectivity index (χ1) is 15.5. The van der Waals surface area contributed by atoms with Gasteiger partial charge in [-0.05, 0) is 36.8 Å². The number of anilines is 1. The molecule has 1 aromatic heterocycles. The van der Waals surface area contributed by atoms with Gasteiger partial charge in [0.2, 0.25) is 0 Å². The number of nitrogens with one attached hydrogen (secondary N) is 1. The van der Waals surface area contributed by atoms with Crippen LogP contribution in [0.1, 0.15) is 11.3 Å². The van der Waals surface area contributed by atoms with Crippen molar-refractivity contribution >= 4 is 54.8 Å². The number of nitrogens with zero attached hydrogens (tertiary/aromatic N) is 1. The minimum Gasteiger partial charge on any atom is -0.480 e. The van der Waals surface area contributed by atoms with Gasteiger partial charge in [-0.2, -0.15) is 8.42 Å². The van der Waals surface area contributed by atoms with Crippen molar-refractivity contribution in [3.63, 3.8) is 0 Å². The Morgan fingerprint density at radius 3 is 2.33 bits per heavy atom. The van der Waals surface area contributed by atoms with Crippen LogP contribution in [0.4, 0.5) is 5.69 Å². The van der Waals surface area contributed by atoms with Crippen LogP contribution in [-0.4, -0.2) is 47.5 Å². The lowest BCUT2D eigenvalue weighted by atomic mass is 10.2. The van der Waals surface area contributed by atoms with Crippen LogP contribution >= 0.6 is 0 Å². The highest BCUT2D eigenvalue weighted by Gasteiger charge is 2.29. The van der Waals surface area contributed by atoms with Gasteiger partial charge in [-0.3, -0.25) is 4.79 Å². The second-order valence-electron chi connectivity index (χ2n) is 6.88. The van der Waals surface area contributed by atoms with Gasteiger partial charge in [-0.25, -0.2) is 8.42 Å². The molecule has 0 saturated carbocycles. The number of carboxylic acid groups (broad SMARTS) is 1. The molecule has 178 valence electrons. The normalized spacial score (nSPS) is 13.5. The third-order valence-electron chi connectivity index (χ3n) is 4.64. The first kappa shape index (κ1) is 24.9. The fourth-order valence-electron chi connectivity index (χ4n) is 3.37. The topological polar surface area (TPSA) is 172 Å². The number of aliphatic carboxylic acids is 1. The Morgan fingerprint density at radius 1 is 1.09 bits per heavy atom. The summed E-state index contributed by atoms with van der Waals surface area (Å²) in [5, 5.41) is 12.1. The molecule has 0 aliphatic heterocycles. The minimum absolute atomic E-state index is 0.0529. The summed E-state index contributed by atoms with van der Waals surface area (Å²) in [5.74, 6) is -1.75. The van der Waals surface area contributed by atoms with Crippen molar-refractivity contribution in [2.75, 3.05) is 11.2 Å². The summed E-state index contributed by atoms with van der Waals surface area (Å²) in [6.07, 6.45) is 0. The molecule has 1 heterocycles. The van der Waals surface area contributed by atoms with E-state index < -0.39 is 44.8 Å². The molecule has 0 amide bonds. The van der Waals surface area contributed by atoms with Crippen molar-refractivity contribution in [3.8, 4) is 5.75 Å². The summed E-state index contributed by atoms with van der Waals surface area (Å²) in [6, 6.07) is 10.2. The predicted molar refractivity (Wildman–Crippen MR) is 122 cm³/mol. The summed E-state index contributed by atoms with van der Waals surface area (Å²) in [5.41, 5.74) is 1.11. The molecular formula is C19H20N2O9S3. The summed E-state index contributed by atoms with van der Waals surface area (Å²) >= 11 is -4.27. The summed E-state index contributed by atoms with van der Waals surface area (Å²) < 4.78 is 73.3. The van der Waals surface area contributed by atoms with E-state index in [-0.39, 0.29) is 44.6 Å². The molecule has 11 nitrogen and oxygen atoms in total. The Bertz CT molecular complexity index is 1350. The Hall–Kier alpha value is -2.78. The quantitative estimate of drug-likeness (QED) is 0.231. The van der Waals surface area contributed by atoms with Gasteiger partial charge in [0, 0.05) is 16.8 Å². The van der Waals surface area contributed by atoms with Crippen LogP contribution in [0, 0.1) is 6.92 Å². The van der Waals surface area contributed by atoms with E-state index in [0.29, 0.717) is 5.56 Å². The Labute approximate surface area is 194 Å². The SMILES string of the molecule is Cc1c(S(=O)(=O)Oc2ccc(CS(=O)O)cc2)c2c(NCS(=O)O)cccc2n1CC(=O)O. The average molecular weight is 517 g/mol. The largest absolute Gasteiger partial charge is 0.480 e. The smallest absolute Gasteiger partial charge is 0.341 e. The molecule has 0 spiro atoms. The number of carbonyl (C=O) groups is 1. The number of hydrogen-bond donors (Lipinski definition) is 4. The molecule has 0 saturated heterocycles. The van der Waals surface area contributed by atoms with Crippen LogP contribution in [0.25, 0.3) is 10.9 Å². The number of fused-ring (bicyclic) bond motifs is 1. The molecule has 0 aliphatic carbocycles. The van der Waals surface area contributed by atoms with E-state index in [1.807, 2.05) is 0 Å². The number of carboxylic acids is 1. The predicted octanol–water partition coefficient (Wildman–Crippen LogP) is 2.11. The lowest BCUT2D eigenvalue weighted by Gasteiger charge is -2.10. The minimum atomic E-state index is -4.48. The number of rotatable bonds is 10. The first-order valence-corrected chi connectivity index (χ1v) is 13.2. The molecular weight excluding hydrogens is 496 g/mol. The standard InChI is InChI=1S/C19H20N2O9S3/c1-12-19(33(28,29)30-14-7-5-13(6-8-14)10-31(24)25)18-15(20-11-32(26)27)3-2-4-16(18)21(12)9-17(22)23/h2-8,20H,9-11H2,1H3,(H,22,23)(H,24,25)(H,26,27). The summed E-state index contributed by atoms with van der Waals surface area (Å²) in [6.45, 7) is 0.924. The average Bonchev–Trinajstić information content (AvgIpc) is 2.99. The summed E-state index contributed by atoms with van der Waals surface area (Å²) in [4.78, 5) is 11.1. The van der Waals surface area contributed by atoms with Crippen LogP contribution in [0.3, 0.4) is 0 Å². The molecule has 0 fully saturated rings. The van der Waals surface area contributed by atoms with Crippen molar-refractivity contribution in [1.82, 2.24) is 4.57 Å². The van der Waals surface area contributed by atoms with Crippen LogP contribution in [-0.2, 0) is 49.4 Å². The molecule has 0 bridgehead atoms. The highest BCUT2D eigenvalue weighted by Crippen LogP contribution is 2.36. The fraction of sp³-hybridized carbons (Fsp3) is 0.211. The third kappa shape index (κ3) is 5.78. The van der Waals surface area contributed by atoms with Gasteiger partial charge in [-0.1, -0.05) is 18.2 Å². The second-order valence-corrected chi connectivity index (χ2v) is 10.2. The highest BCUT2D eigenvalue weighted by molar-refractivity contribution is 7.87. The first-order valence-electron chi connectivity index (χ1n) is 9.25. The third-order valence-corrected chi connectivity index (χ3v) is 7.03. The van der Waals surface area contributed by atoms with Crippen molar-refractivity contribution in [1.29, 1.82) is 0 Å². The summed E-state index contributed by atoms with van der Waals surface area (Å²) in [7, 11) is -4.48. The monoisotopic (exact) mass is 516 g/mol. The van der Waals surface area contributed by atoms with Crippen LogP contribution < -0.4 is 9.50 Å². The van der Waals surface area contributed by atoms with Gasteiger partial charge in [0.1, 0.15) is 23.1 Å². The molecule has 33 heavy (non-hydrogen) atoms. The van der Waals surface area contributed by atoms with E-state index in [9.17, 15) is 26.7 Å². The molecule has 3 rings (SSSR count). The maximum absolute atomic E-state index is 13.3. The number of benzene rings is 2. The zero-order chi connectivity index (χ0) is 24.3. The molecule has 2 atom stereocenters. The van der Waals surface area contributed by atoms with Gasteiger partial charge >= 0.3 is 16.1 Å². The number of aromatic nitrogens is 1. The Kier molecular flexibility index (Phi) is 7.54. The van der Waals surface area contributed by atoms with E-state index in [1.54, 1.807) is 6.07 Å². The van der Waals surface area contributed by atoms with Crippen molar-refractivity contribution in [2.45, 2.75) is 24.1 Å². The van der Waals surface area contributed by atoms with Gasteiger partial charge in [0.15, 0.2) is 22.2 Å². The van der Waals surface area contributed by atoms with E-state index in [1.165, 1.54) is 47.9 Å². The highest BCUT2D eigenvalue weighted by atomic mass is 32.2. The van der Waals surface area contributed by atoms with Gasteiger partial charge in [-0.15, -0.1) is 0 Å². The molecule has 0 aliphatic rings. The van der Waals surface area contributed by atoms with E-state index in [4.69, 9.17) is 13.3 Å². The maximum Gasteiger partial charge on any atom is 0.341 e. The zero-order valence-corrected chi connectivity index (χ0v) is 19.6. The molecule has 3 aromatic rings. The van der Waals surface area contributed by atoms with Crippen LogP contribution in [0.5, 0.6) is 5.75 Å². The fourth-order valence-corrected chi connectivity index (χ4v) is 5.51. The molecule has 4 N–H and O–H groups in total. The van der Waals surface area contributed by atoms with Gasteiger partial charge in [0.25, 0.3) is 0 Å². The number of hydrogen-bond acceptors (Lipinski definition) is 7. The lowest BCUT2D eigenvalue weighted by Crippen LogP contribution is -2.14. The van der Waals surface area contributed by atoms with E-state index in [0.717, 1.165) is 0 Å². The molecule has 2 aromatic carbocycles. The molecule has 14 heteroatoms. The van der Waals surface area contributed by atoms with Gasteiger partial charge < -0.3 is 28.3 Å². The zero-order valence-electron chi connectivity index (χ0n) is 17.1.